The van der Waals surface area contributed by atoms with Crippen LogP contribution in [0.2, 0.25) is 0 Å². The lowest BCUT2D eigenvalue weighted by Crippen LogP contribution is -2.43. The van der Waals surface area contributed by atoms with Crippen molar-refractivity contribution in [3.8, 4) is 0 Å². The predicted octanol–water partition coefficient (Wildman–Crippen LogP) is 2.46. The molecule has 0 N–H and O–H groups in total. The molecular weight excluding hydrogens is 288 g/mol. The maximum Gasteiger partial charge on any atom is 0.229 e. The highest BCUT2D eigenvalue weighted by Gasteiger charge is 2.51. The van der Waals surface area contributed by atoms with Crippen molar-refractivity contribution in [1.29, 1.82) is 0 Å². The van der Waals surface area contributed by atoms with Gasteiger partial charge in [0.25, 0.3) is 0 Å². The fourth-order valence-electron chi connectivity index (χ4n) is 3.68. The Kier molecular flexibility index (Phi) is 3.63. The number of hydrogen-bond donors (Lipinski definition) is 0. The smallest absolute Gasteiger partial charge is 0.229 e. The molecule has 2 heterocycles. The summed E-state index contributed by atoms with van der Waals surface area (Å²) in [5.74, 6) is 0.360. The largest absolute Gasteiger partial charge is 0.342 e. The quantitative estimate of drug-likeness (QED) is 0.871. The Hall–Kier alpha value is -2.17. The van der Waals surface area contributed by atoms with Crippen LogP contribution in [0.4, 0.5) is 0 Å². The van der Waals surface area contributed by atoms with Crippen molar-refractivity contribution in [1.82, 2.24) is 19.9 Å². The van der Waals surface area contributed by atoms with E-state index in [0.29, 0.717) is 11.9 Å². The van der Waals surface area contributed by atoms with Gasteiger partial charge in [-0.05, 0) is 37.7 Å². The number of carbonyl (C=O) groups is 1. The Labute approximate surface area is 136 Å². The molecule has 1 aromatic heterocycles. The molecule has 5 nitrogen and oxygen atoms in total. The van der Waals surface area contributed by atoms with Crippen molar-refractivity contribution in [3.63, 3.8) is 0 Å². The average Bonchev–Trinajstić information content (AvgIpc) is 3.17. The van der Waals surface area contributed by atoms with Crippen LogP contribution in [0.3, 0.4) is 0 Å². The number of aromatic nitrogens is 3. The van der Waals surface area contributed by atoms with Crippen molar-refractivity contribution in [2.24, 2.45) is 5.41 Å². The summed E-state index contributed by atoms with van der Waals surface area (Å²) >= 11 is 0. The van der Waals surface area contributed by atoms with Crippen LogP contribution < -0.4 is 0 Å². The first-order valence-electron chi connectivity index (χ1n) is 8.46. The van der Waals surface area contributed by atoms with Crippen molar-refractivity contribution in [2.45, 2.75) is 38.1 Å². The van der Waals surface area contributed by atoms with E-state index in [0.717, 1.165) is 45.2 Å². The van der Waals surface area contributed by atoms with Gasteiger partial charge in [-0.2, -0.15) is 0 Å². The van der Waals surface area contributed by atoms with E-state index in [1.165, 1.54) is 5.56 Å². The molecule has 1 saturated heterocycles. The van der Waals surface area contributed by atoms with Crippen molar-refractivity contribution >= 4 is 5.91 Å². The molecule has 23 heavy (non-hydrogen) atoms. The van der Waals surface area contributed by atoms with E-state index in [9.17, 15) is 4.79 Å². The fourth-order valence-corrected chi connectivity index (χ4v) is 3.68. The topological polar surface area (TPSA) is 51.0 Å². The second-order valence-corrected chi connectivity index (χ2v) is 6.85. The minimum atomic E-state index is -0.124. The number of likely N-dealkylation sites (tertiary alicyclic amines) is 1. The summed E-state index contributed by atoms with van der Waals surface area (Å²) in [6.07, 6.45) is 8.52. The Morgan fingerprint density at radius 3 is 2.52 bits per heavy atom. The normalized spacial score (nSPS) is 20.4. The zero-order valence-corrected chi connectivity index (χ0v) is 13.3. The number of piperidine rings is 1. The van der Waals surface area contributed by atoms with E-state index in [-0.39, 0.29) is 5.41 Å². The van der Waals surface area contributed by atoms with Crippen LogP contribution in [-0.4, -0.2) is 38.9 Å². The van der Waals surface area contributed by atoms with Gasteiger partial charge in [-0.15, -0.1) is 5.10 Å². The highest BCUT2D eigenvalue weighted by Crippen LogP contribution is 2.50. The molecule has 0 spiro atoms. The van der Waals surface area contributed by atoms with Crippen LogP contribution in [0, 0.1) is 5.41 Å². The fraction of sp³-hybridized carbons (Fsp3) is 0.500. The molecule has 1 aliphatic carbocycles. The SMILES string of the molecule is O=C(N1CCC(n2ccnn2)CC1)C1(Cc2ccccc2)CC1. The summed E-state index contributed by atoms with van der Waals surface area (Å²) in [4.78, 5) is 15.0. The van der Waals surface area contributed by atoms with Crippen LogP contribution >= 0.6 is 0 Å². The lowest BCUT2D eigenvalue weighted by Gasteiger charge is -2.34. The molecule has 1 aromatic carbocycles. The molecule has 0 atom stereocenters. The lowest BCUT2D eigenvalue weighted by molar-refractivity contribution is -0.138. The summed E-state index contributed by atoms with van der Waals surface area (Å²) in [6.45, 7) is 1.67. The van der Waals surface area contributed by atoms with Gasteiger partial charge in [0, 0.05) is 19.3 Å². The third-order valence-electron chi connectivity index (χ3n) is 5.26. The van der Waals surface area contributed by atoms with Gasteiger partial charge in [-0.25, -0.2) is 4.68 Å². The number of carbonyl (C=O) groups excluding carboxylic acids is 1. The van der Waals surface area contributed by atoms with Gasteiger partial charge < -0.3 is 4.90 Å². The van der Waals surface area contributed by atoms with Crippen LogP contribution in [0.25, 0.3) is 0 Å². The molecule has 2 aromatic rings. The Morgan fingerprint density at radius 1 is 1.17 bits per heavy atom. The monoisotopic (exact) mass is 310 g/mol. The number of rotatable bonds is 4. The van der Waals surface area contributed by atoms with Crippen LogP contribution in [0.5, 0.6) is 0 Å². The number of hydrogen-bond acceptors (Lipinski definition) is 3. The highest BCUT2D eigenvalue weighted by molar-refractivity contribution is 5.85. The van der Waals surface area contributed by atoms with Gasteiger partial charge in [0.15, 0.2) is 0 Å². The van der Waals surface area contributed by atoms with Gasteiger partial charge in [0.05, 0.1) is 17.7 Å². The standard InChI is InChI=1S/C18H22N4O/c23-17(18(8-9-18)14-15-4-2-1-3-5-15)21-11-6-16(7-12-21)22-13-10-19-20-22/h1-5,10,13,16H,6-9,11-12,14H2. The minimum absolute atomic E-state index is 0.124. The first-order valence-corrected chi connectivity index (χ1v) is 8.46. The summed E-state index contributed by atoms with van der Waals surface area (Å²) in [5, 5.41) is 7.97. The molecule has 4 rings (SSSR count). The Morgan fingerprint density at radius 2 is 1.91 bits per heavy atom. The molecular formula is C18H22N4O. The van der Waals surface area contributed by atoms with Gasteiger partial charge in [0.1, 0.15) is 0 Å². The summed E-state index contributed by atoms with van der Waals surface area (Å²) in [5.41, 5.74) is 1.15. The van der Waals surface area contributed by atoms with Crippen molar-refractivity contribution in [3.05, 3.63) is 48.3 Å². The van der Waals surface area contributed by atoms with Crippen molar-refractivity contribution < 1.29 is 4.79 Å². The molecule has 2 fully saturated rings. The molecule has 1 saturated carbocycles. The predicted molar refractivity (Wildman–Crippen MR) is 86.7 cm³/mol. The van der Waals surface area contributed by atoms with Gasteiger partial charge in [-0.1, -0.05) is 35.5 Å². The van der Waals surface area contributed by atoms with Crippen LogP contribution in [-0.2, 0) is 11.2 Å². The maximum absolute atomic E-state index is 13.0. The van der Waals surface area contributed by atoms with Gasteiger partial charge in [0.2, 0.25) is 5.91 Å². The summed E-state index contributed by atoms with van der Waals surface area (Å²) in [7, 11) is 0. The molecule has 0 unspecified atom stereocenters. The van der Waals surface area contributed by atoms with E-state index in [1.807, 2.05) is 16.9 Å². The number of amides is 1. The van der Waals surface area contributed by atoms with Crippen LogP contribution in [0.15, 0.2) is 42.7 Å². The molecule has 1 amide bonds. The summed E-state index contributed by atoms with van der Waals surface area (Å²) in [6, 6.07) is 10.8. The summed E-state index contributed by atoms with van der Waals surface area (Å²) < 4.78 is 1.93. The highest BCUT2D eigenvalue weighted by atomic mass is 16.2. The third kappa shape index (κ3) is 2.87. The Balaban J connectivity index is 1.38. The molecule has 5 heteroatoms. The van der Waals surface area contributed by atoms with Crippen LogP contribution in [0.1, 0.15) is 37.3 Å². The first kappa shape index (κ1) is 14.4. The number of nitrogens with zero attached hydrogens (tertiary/aromatic N) is 4. The van der Waals surface area contributed by atoms with E-state index >= 15 is 0 Å². The molecule has 0 bridgehead atoms. The zero-order valence-electron chi connectivity index (χ0n) is 13.3. The molecule has 120 valence electrons. The lowest BCUT2D eigenvalue weighted by atomic mass is 9.93. The van der Waals surface area contributed by atoms with E-state index in [1.54, 1.807) is 6.20 Å². The second kappa shape index (κ2) is 5.80. The Bertz CT molecular complexity index is 656. The maximum atomic E-state index is 13.0. The molecule has 0 radical (unpaired) electrons. The van der Waals surface area contributed by atoms with Gasteiger partial charge in [-0.3, -0.25) is 4.79 Å². The van der Waals surface area contributed by atoms with Gasteiger partial charge >= 0.3 is 0 Å². The first-order chi connectivity index (χ1) is 11.3. The van der Waals surface area contributed by atoms with E-state index in [4.69, 9.17) is 0 Å². The molecule has 2 aliphatic rings. The second-order valence-electron chi connectivity index (χ2n) is 6.85. The number of benzene rings is 1. The minimum Gasteiger partial charge on any atom is -0.342 e. The molecule has 1 aliphatic heterocycles. The van der Waals surface area contributed by atoms with E-state index < -0.39 is 0 Å². The average molecular weight is 310 g/mol. The van der Waals surface area contributed by atoms with E-state index in [2.05, 4.69) is 39.5 Å². The zero-order chi connectivity index (χ0) is 15.7. The third-order valence-corrected chi connectivity index (χ3v) is 5.26. The van der Waals surface area contributed by atoms with Crippen molar-refractivity contribution in [2.75, 3.05) is 13.1 Å².